The predicted octanol–water partition coefficient (Wildman–Crippen LogP) is 7.96. The number of fused-ring (bicyclic) bond motifs is 1. The van der Waals surface area contributed by atoms with Gasteiger partial charge in [-0.05, 0) is 43.1 Å². The van der Waals surface area contributed by atoms with E-state index in [0.29, 0.717) is 24.0 Å². The number of benzene rings is 1. The van der Waals surface area contributed by atoms with E-state index < -0.39 is 17.5 Å². The second-order valence-electron chi connectivity index (χ2n) is 10.6. The van der Waals surface area contributed by atoms with Crippen LogP contribution in [-0.2, 0) is 4.74 Å². The Morgan fingerprint density at radius 2 is 1.44 bits per heavy atom. The fourth-order valence-corrected chi connectivity index (χ4v) is 6.33. The van der Waals surface area contributed by atoms with Gasteiger partial charge in [-0.25, -0.2) is 4.79 Å². The van der Waals surface area contributed by atoms with Gasteiger partial charge in [0.1, 0.15) is 0 Å². The lowest BCUT2D eigenvalue weighted by Crippen LogP contribution is -2.30. The molecule has 2 aliphatic carbocycles. The van der Waals surface area contributed by atoms with Gasteiger partial charge in [-0.15, -0.1) is 0 Å². The summed E-state index contributed by atoms with van der Waals surface area (Å²) in [6.07, 6.45) is 20.0. The zero-order chi connectivity index (χ0) is 24.3. The van der Waals surface area contributed by atoms with E-state index in [1.54, 1.807) is 0 Å². The van der Waals surface area contributed by atoms with Gasteiger partial charge in [0, 0.05) is 5.56 Å². The number of rotatable bonds is 13. The Kier molecular flexibility index (Phi) is 10.9. The van der Waals surface area contributed by atoms with E-state index in [1.165, 1.54) is 76.7 Å². The first-order chi connectivity index (χ1) is 16.5. The van der Waals surface area contributed by atoms with Crippen molar-refractivity contribution in [2.24, 2.45) is 11.8 Å². The molecule has 2 saturated carbocycles. The van der Waals surface area contributed by atoms with Crippen LogP contribution in [0.1, 0.15) is 138 Å². The molecule has 2 fully saturated rings. The Balaban J connectivity index is 1.54. The second kappa shape index (κ2) is 13.8. The molecular weight excluding hydrogens is 428 g/mol. The molecule has 1 aromatic carbocycles. The van der Waals surface area contributed by atoms with Crippen LogP contribution in [0.2, 0.25) is 0 Å². The largest absolute Gasteiger partial charge is 0.504 e. The number of carbonyl (C=O) groups excluding carboxylic acids is 1. The average Bonchev–Trinajstić information content (AvgIpc) is 2.85. The quantitative estimate of drug-likeness (QED) is 0.153. The fourth-order valence-electron chi connectivity index (χ4n) is 6.33. The molecule has 0 saturated heterocycles. The molecule has 1 aromatic rings. The molecule has 0 aliphatic heterocycles. The Bertz CT molecular complexity index is 772. The third-order valence-electron chi connectivity index (χ3n) is 8.19. The van der Waals surface area contributed by atoms with Crippen LogP contribution in [0.15, 0.2) is 6.07 Å². The van der Waals surface area contributed by atoms with Crippen LogP contribution < -0.4 is 0 Å². The number of unbranched alkanes of at least 4 members (excludes halogenated alkanes) is 9. The highest BCUT2D eigenvalue weighted by Gasteiger charge is 2.39. The minimum atomic E-state index is -0.529. The number of carbonyl (C=O) groups is 1. The Morgan fingerprint density at radius 1 is 0.824 bits per heavy atom. The molecule has 3 rings (SSSR count). The van der Waals surface area contributed by atoms with Gasteiger partial charge in [-0.2, -0.15) is 0 Å². The smallest absolute Gasteiger partial charge is 0.338 e. The summed E-state index contributed by atoms with van der Waals surface area (Å²) in [6.45, 7) is 2.58. The maximum absolute atomic E-state index is 13.0. The molecule has 0 amide bonds. The highest BCUT2D eigenvalue weighted by atomic mass is 16.5. The fraction of sp³-hybridized carbons (Fsp3) is 0.759. The van der Waals surface area contributed by atoms with Crippen molar-refractivity contribution in [2.75, 3.05) is 6.61 Å². The molecule has 192 valence electrons. The highest BCUT2D eigenvalue weighted by Crippen LogP contribution is 2.53. The van der Waals surface area contributed by atoms with Crippen molar-refractivity contribution in [1.82, 2.24) is 0 Å². The predicted molar refractivity (Wildman–Crippen MR) is 136 cm³/mol. The minimum Gasteiger partial charge on any atom is -0.504 e. The summed E-state index contributed by atoms with van der Waals surface area (Å²) < 4.78 is 5.57. The van der Waals surface area contributed by atoms with Gasteiger partial charge in [-0.1, -0.05) is 96.8 Å². The lowest BCUT2D eigenvalue weighted by molar-refractivity contribution is 0.0491. The maximum Gasteiger partial charge on any atom is 0.338 e. The highest BCUT2D eigenvalue weighted by molar-refractivity contribution is 5.93. The molecular formula is C29H46O5. The summed E-state index contributed by atoms with van der Waals surface area (Å²) in [6, 6.07) is 1.29. The van der Waals surface area contributed by atoms with E-state index in [0.717, 1.165) is 38.5 Å². The Hall–Kier alpha value is -1.91. The number of hydrogen-bond donors (Lipinski definition) is 3. The number of ether oxygens (including phenoxy) is 1. The van der Waals surface area contributed by atoms with Gasteiger partial charge in [-0.3, -0.25) is 0 Å². The first-order valence-electron chi connectivity index (χ1n) is 14.0. The average molecular weight is 475 g/mol. The normalized spacial score (nSPS) is 22.3. The van der Waals surface area contributed by atoms with Crippen LogP contribution >= 0.6 is 0 Å². The molecule has 0 heterocycles. The van der Waals surface area contributed by atoms with Crippen molar-refractivity contribution in [2.45, 2.75) is 122 Å². The third-order valence-corrected chi connectivity index (χ3v) is 8.19. The van der Waals surface area contributed by atoms with Crippen LogP contribution in [0.4, 0.5) is 0 Å². The number of phenolic OH excluding ortho intramolecular Hbond substituents is 3. The summed E-state index contributed by atoms with van der Waals surface area (Å²) in [4.78, 5) is 13.0. The first kappa shape index (κ1) is 26.7. The molecule has 5 heteroatoms. The zero-order valence-electron chi connectivity index (χ0n) is 21.2. The number of aromatic hydroxyl groups is 3. The second-order valence-corrected chi connectivity index (χ2v) is 10.6. The molecule has 0 aromatic heterocycles. The van der Waals surface area contributed by atoms with Crippen molar-refractivity contribution in [3.05, 3.63) is 17.2 Å². The molecule has 0 spiro atoms. The van der Waals surface area contributed by atoms with Gasteiger partial charge in [0.15, 0.2) is 11.5 Å². The van der Waals surface area contributed by atoms with E-state index in [4.69, 9.17) is 4.74 Å². The van der Waals surface area contributed by atoms with Crippen molar-refractivity contribution >= 4 is 5.97 Å². The summed E-state index contributed by atoms with van der Waals surface area (Å²) >= 11 is 0. The van der Waals surface area contributed by atoms with Crippen LogP contribution in [0.25, 0.3) is 0 Å². The van der Waals surface area contributed by atoms with Gasteiger partial charge >= 0.3 is 5.97 Å². The maximum atomic E-state index is 13.0. The third kappa shape index (κ3) is 7.05. The number of hydrogen-bond acceptors (Lipinski definition) is 5. The molecule has 2 aliphatic rings. The van der Waals surface area contributed by atoms with Gasteiger partial charge < -0.3 is 20.1 Å². The van der Waals surface area contributed by atoms with Crippen LogP contribution in [0.5, 0.6) is 17.2 Å². The zero-order valence-corrected chi connectivity index (χ0v) is 21.2. The van der Waals surface area contributed by atoms with Gasteiger partial charge in [0.25, 0.3) is 0 Å². The SMILES string of the molecule is CCCCCCCCCCCCOC(=O)c1cc(O)c(O)c(O)c1C1CCCC2CCCCC21. The van der Waals surface area contributed by atoms with Crippen LogP contribution in [0, 0.1) is 11.8 Å². The molecule has 3 atom stereocenters. The lowest BCUT2D eigenvalue weighted by atomic mass is 9.63. The van der Waals surface area contributed by atoms with E-state index in [9.17, 15) is 20.1 Å². The summed E-state index contributed by atoms with van der Waals surface area (Å²) in [7, 11) is 0. The van der Waals surface area contributed by atoms with E-state index in [1.807, 2.05) is 0 Å². The standard InChI is InChI=1S/C29H46O5/c1-2-3-4-5-6-7-8-9-10-13-19-34-29(33)24-20-25(30)27(31)28(32)26(24)23-18-14-16-21-15-11-12-17-22(21)23/h20-23,30-32H,2-19H2,1H3. The van der Waals surface area contributed by atoms with E-state index in [2.05, 4.69) is 6.92 Å². The van der Waals surface area contributed by atoms with E-state index >= 15 is 0 Å². The first-order valence-corrected chi connectivity index (χ1v) is 14.0. The molecule has 3 unspecified atom stereocenters. The number of esters is 1. The molecule has 3 N–H and O–H groups in total. The molecule has 0 radical (unpaired) electrons. The van der Waals surface area contributed by atoms with Crippen molar-refractivity contribution in [3.63, 3.8) is 0 Å². The van der Waals surface area contributed by atoms with E-state index in [-0.39, 0.29) is 17.2 Å². The van der Waals surface area contributed by atoms with Crippen molar-refractivity contribution in [3.8, 4) is 17.2 Å². The summed E-state index contributed by atoms with van der Waals surface area (Å²) in [5, 5.41) is 31.2. The van der Waals surface area contributed by atoms with Gasteiger partial charge in [0.05, 0.1) is 12.2 Å². The Labute approximate surface area is 205 Å². The van der Waals surface area contributed by atoms with Crippen molar-refractivity contribution < 1.29 is 24.9 Å². The Morgan fingerprint density at radius 3 is 2.15 bits per heavy atom. The van der Waals surface area contributed by atoms with Crippen LogP contribution in [0.3, 0.4) is 0 Å². The van der Waals surface area contributed by atoms with Crippen LogP contribution in [-0.4, -0.2) is 27.9 Å². The molecule has 34 heavy (non-hydrogen) atoms. The van der Waals surface area contributed by atoms with Gasteiger partial charge in [0.2, 0.25) is 5.75 Å². The monoisotopic (exact) mass is 474 g/mol. The minimum absolute atomic E-state index is 0.0189. The van der Waals surface area contributed by atoms with Crippen molar-refractivity contribution in [1.29, 1.82) is 0 Å². The number of phenols is 3. The lowest BCUT2D eigenvalue weighted by Gasteiger charge is -2.42. The molecule has 0 bridgehead atoms. The molecule has 5 nitrogen and oxygen atoms in total. The summed E-state index contributed by atoms with van der Waals surface area (Å²) in [5.41, 5.74) is 0.705. The topological polar surface area (TPSA) is 87.0 Å². The summed E-state index contributed by atoms with van der Waals surface area (Å²) in [5.74, 6) is -0.812.